The SMILES string of the molecule is C=C(NNC(=O)c1cnccn1)c1ccc(-c2ccccc2)cc1. The highest BCUT2D eigenvalue weighted by molar-refractivity contribution is 5.92. The van der Waals surface area contributed by atoms with Gasteiger partial charge in [0.15, 0.2) is 0 Å². The minimum absolute atomic E-state index is 0.234. The maximum atomic E-state index is 11.9. The number of hydrazine groups is 1. The van der Waals surface area contributed by atoms with Crippen molar-refractivity contribution in [3.8, 4) is 11.1 Å². The van der Waals surface area contributed by atoms with Crippen LogP contribution in [0.1, 0.15) is 16.1 Å². The Morgan fingerprint density at radius 1 is 0.875 bits per heavy atom. The molecular formula is C19H16N4O. The fraction of sp³-hybridized carbons (Fsp3) is 0. The zero-order chi connectivity index (χ0) is 16.8. The Morgan fingerprint density at radius 2 is 1.58 bits per heavy atom. The molecule has 0 bridgehead atoms. The van der Waals surface area contributed by atoms with Gasteiger partial charge in [0.1, 0.15) is 5.69 Å². The zero-order valence-electron chi connectivity index (χ0n) is 12.9. The van der Waals surface area contributed by atoms with Crippen LogP contribution in [0.2, 0.25) is 0 Å². The number of carbonyl (C=O) groups is 1. The van der Waals surface area contributed by atoms with Crippen LogP contribution in [0.25, 0.3) is 16.8 Å². The van der Waals surface area contributed by atoms with Crippen molar-refractivity contribution in [2.45, 2.75) is 0 Å². The van der Waals surface area contributed by atoms with E-state index in [2.05, 4.69) is 39.5 Å². The van der Waals surface area contributed by atoms with Crippen molar-refractivity contribution >= 4 is 11.6 Å². The second-order valence-corrected chi connectivity index (χ2v) is 5.09. The lowest BCUT2D eigenvalue weighted by atomic mass is 10.0. The van der Waals surface area contributed by atoms with Gasteiger partial charge in [0.2, 0.25) is 0 Å². The number of benzene rings is 2. The monoisotopic (exact) mass is 316 g/mol. The number of hydrogen-bond acceptors (Lipinski definition) is 4. The third kappa shape index (κ3) is 3.64. The maximum Gasteiger partial charge on any atom is 0.289 e. The summed E-state index contributed by atoms with van der Waals surface area (Å²) in [6, 6.07) is 18.1. The minimum Gasteiger partial charge on any atom is -0.298 e. The van der Waals surface area contributed by atoms with Crippen molar-refractivity contribution in [1.82, 2.24) is 20.8 Å². The molecule has 118 valence electrons. The lowest BCUT2D eigenvalue weighted by molar-refractivity contribution is 0.0937. The summed E-state index contributed by atoms with van der Waals surface area (Å²) in [5.74, 6) is -0.370. The van der Waals surface area contributed by atoms with Crippen LogP contribution in [-0.4, -0.2) is 15.9 Å². The number of nitrogens with zero attached hydrogens (tertiary/aromatic N) is 2. The summed E-state index contributed by atoms with van der Waals surface area (Å²) in [5.41, 5.74) is 9.33. The third-order valence-corrected chi connectivity index (χ3v) is 3.46. The molecule has 0 aliphatic heterocycles. The Hall–Kier alpha value is -3.47. The molecule has 5 heteroatoms. The summed E-state index contributed by atoms with van der Waals surface area (Å²) in [5, 5.41) is 0. The Kier molecular flexibility index (Phi) is 4.62. The lowest BCUT2D eigenvalue weighted by Gasteiger charge is -2.11. The van der Waals surface area contributed by atoms with Gasteiger partial charge in [-0.1, -0.05) is 61.2 Å². The summed E-state index contributed by atoms with van der Waals surface area (Å²) < 4.78 is 0. The smallest absolute Gasteiger partial charge is 0.289 e. The molecule has 5 nitrogen and oxygen atoms in total. The van der Waals surface area contributed by atoms with Crippen LogP contribution in [0.5, 0.6) is 0 Å². The number of amides is 1. The second-order valence-electron chi connectivity index (χ2n) is 5.09. The van der Waals surface area contributed by atoms with E-state index in [9.17, 15) is 4.79 Å². The molecular weight excluding hydrogens is 300 g/mol. The molecule has 0 fully saturated rings. The van der Waals surface area contributed by atoms with E-state index in [1.165, 1.54) is 18.6 Å². The molecule has 0 radical (unpaired) electrons. The van der Waals surface area contributed by atoms with Crippen molar-refractivity contribution in [1.29, 1.82) is 0 Å². The minimum atomic E-state index is -0.370. The van der Waals surface area contributed by atoms with E-state index in [4.69, 9.17) is 0 Å². The van der Waals surface area contributed by atoms with Crippen LogP contribution in [-0.2, 0) is 0 Å². The first-order chi connectivity index (χ1) is 11.7. The lowest BCUT2D eigenvalue weighted by Crippen LogP contribution is -2.36. The van der Waals surface area contributed by atoms with Gasteiger partial charge in [0.25, 0.3) is 5.91 Å². The predicted octanol–water partition coefficient (Wildman–Crippen LogP) is 3.05. The molecule has 0 spiro atoms. The summed E-state index contributed by atoms with van der Waals surface area (Å²) in [7, 11) is 0. The molecule has 1 amide bonds. The largest absolute Gasteiger partial charge is 0.298 e. The highest BCUT2D eigenvalue weighted by atomic mass is 16.2. The Labute approximate surface area is 140 Å². The molecule has 0 aliphatic rings. The van der Waals surface area contributed by atoms with Gasteiger partial charge < -0.3 is 0 Å². The highest BCUT2D eigenvalue weighted by Crippen LogP contribution is 2.20. The number of nitrogens with one attached hydrogen (secondary N) is 2. The van der Waals surface area contributed by atoms with Crippen LogP contribution in [0.15, 0.2) is 79.8 Å². The van der Waals surface area contributed by atoms with Gasteiger partial charge in [-0.25, -0.2) is 4.98 Å². The number of aromatic nitrogens is 2. The van der Waals surface area contributed by atoms with Gasteiger partial charge in [-0.3, -0.25) is 20.6 Å². The first-order valence-corrected chi connectivity index (χ1v) is 7.41. The van der Waals surface area contributed by atoms with Crippen LogP contribution >= 0.6 is 0 Å². The quantitative estimate of drug-likeness (QED) is 0.710. The van der Waals surface area contributed by atoms with Crippen LogP contribution in [0.4, 0.5) is 0 Å². The van der Waals surface area contributed by atoms with Gasteiger partial charge in [-0.05, 0) is 16.7 Å². The summed E-state index contributed by atoms with van der Waals surface area (Å²) >= 11 is 0. The number of hydrogen-bond donors (Lipinski definition) is 2. The zero-order valence-corrected chi connectivity index (χ0v) is 12.9. The fourth-order valence-electron chi connectivity index (χ4n) is 2.18. The van der Waals surface area contributed by atoms with E-state index < -0.39 is 0 Å². The predicted molar refractivity (Wildman–Crippen MR) is 93.5 cm³/mol. The van der Waals surface area contributed by atoms with E-state index >= 15 is 0 Å². The molecule has 0 saturated carbocycles. The first kappa shape index (κ1) is 15.4. The average molecular weight is 316 g/mol. The molecule has 0 aliphatic carbocycles. The Bertz CT molecular complexity index is 830. The molecule has 2 aromatic carbocycles. The average Bonchev–Trinajstić information content (AvgIpc) is 2.67. The first-order valence-electron chi connectivity index (χ1n) is 7.41. The molecule has 0 unspecified atom stereocenters. The summed E-state index contributed by atoms with van der Waals surface area (Å²) in [6.45, 7) is 3.93. The second kappa shape index (κ2) is 7.19. The summed E-state index contributed by atoms with van der Waals surface area (Å²) in [6.07, 6.45) is 4.37. The van der Waals surface area contributed by atoms with Crippen LogP contribution in [0, 0.1) is 0 Å². The van der Waals surface area contributed by atoms with Gasteiger partial charge in [0.05, 0.1) is 11.9 Å². The van der Waals surface area contributed by atoms with Crippen molar-refractivity contribution in [2.75, 3.05) is 0 Å². The number of carbonyl (C=O) groups excluding carboxylic acids is 1. The molecule has 3 rings (SSSR count). The fourth-order valence-corrected chi connectivity index (χ4v) is 2.18. The molecule has 0 atom stereocenters. The van der Waals surface area contributed by atoms with Crippen molar-refractivity contribution < 1.29 is 4.79 Å². The van der Waals surface area contributed by atoms with Crippen LogP contribution in [0.3, 0.4) is 0 Å². The van der Waals surface area contributed by atoms with Gasteiger partial charge >= 0.3 is 0 Å². The Balaban J connectivity index is 1.62. The molecule has 1 aromatic heterocycles. The Morgan fingerprint density at radius 3 is 2.25 bits per heavy atom. The van der Waals surface area contributed by atoms with Crippen molar-refractivity contribution in [3.05, 3.63) is 91.0 Å². The number of rotatable bonds is 5. The maximum absolute atomic E-state index is 11.9. The van der Waals surface area contributed by atoms with E-state index in [1.807, 2.05) is 42.5 Å². The highest BCUT2D eigenvalue weighted by Gasteiger charge is 2.07. The third-order valence-electron chi connectivity index (χ3n) is 3.46. The standard InChI is InChI=1S/C19H16N4O/c1-14(22-23-19(24)18-13-20-11-12-21-18)15-7-9-17(10-8-15)16-5-3-2-4-6-16/h2-13,22H,1H2,(H,23,24). The van der Waals surface area contributed by atoms with Gasteiger partial charge in [-0.2, -0.15) is 0 Å². The molecule has 2 N–H and O–H groups in total. The van der Waals surface area contributed by atoms with E-state index in [-0.39, 0.29) is 11.6 Å². The van der Waals surface area contributed by atoms with Crippen LogP contribution < -0.4 is 10.9 Å². The van der Waals surface area contributed by atoms with Gasteiger partial charge in [-0.15, -0.1) is 0 Å². The molecule has 3 aromatic rings. The van der Waals surface area contributed by atoms with E-state index in [0.717, 1.165) is 16.7 Å². The molecule has 24 heavy (non-hydrogen) atoms. The van der Waals surface area contributed by atoms with E-state index in [0.29, 0.717) is 5.70 Å². The van der Waals surface area contributed by atoms with Crippen molar-refractivity contribution in [3.63, 3.8) is 0 Å². The van der Waals surface area contributed by atoms with Crippen molar-refractivity contribution in [2.24, 2.45) is 0 Å². The van der Waals surface area contributed by atoms with E-state index in [1.54, 1.807) is 0 Å². The van der Waals surface area contributed by atoms with Gasteiger partial charge in [0, 0.05) is 12.4 Å². The molecule has 1 heterocycles. The normalized spacial score (nSPS) is 10.0. The molecule has 0 saturated heterocycles. The summed E-state index contributed by atoms with van der Waals surface area (Å²) in [4.78, 5) is 19.7. The topological polar surface area (TPSA) is 66.9 Å².